The fraction of sp³-hybridized carbons (Fsp3) is 0.105. The molecule has 292 valence electrons. The number of hydrogen-bond acceptors (Lipinski definition) is 4. The van der Waals surface area contributed by atoms with Gasteiger partial charge in [0.15, 0.2) is 11.6 Å². The van der Waals surface area contributed by atoms with Crippen LogP contribution >= 0.6 is 0 Å². The molecule has 3 aliphatic rings. The Balaban J connectivity index is 1.02. The number of rotatable bonds is 7. The van der Waals surface area contributed by atoms with Gasteiger partial charge in [-0.15, -0.1) is 0 Å². The minimum atomic E-state index is -0.445. The number of ether oxygens (including phenoxy) is 1. The summed E-state index contributed by atoms with van der Waals surface area (Å²) < 4.78 is 6.80. The number of nitrogens with zero attached hydrogens (tertiary/aromatic N) is 3. The molecule has 0 saturated carbocycles. The molecule has 11 rings (SSSR count). The van der Waals surface area contributed by atoms with Gasteiger partial charge >= 0.3 is 0 Å². The van der Waals surface area contributed by atoms with Gasteiger partial charge in [-0.25, -0.2) is 15.0 Å². The third kappa shape index (κ3) is 6.17. The average Bonchev–Trinajstić information content (AvgIpc) is 3.60. The predicted molar refractivity (Wildman–Crippen MR) is 249 cm³/mol. The maximum absolute atomic E-state index is 6.80. The Labute approximate surface area is 357 Å². The molecule has 61 heavy (non-hydrogen) atoms. The minimum Gasteiger partial charge on any atom is -0.457 e. The minimum absolute atomic E-state index is 0.00320. The third-order valence-corrected chi connectivity index (χ3v) is 12.7. The van der Waals surface area contributed by atoms with Crippen molar-refractivity contribution in [2.75, 3.05) is 0 Å². The van der Waals surface area contributed by atoms with Crippen LogP contribution in [0.1, 0.15) is 53.8 Å². The smallest absolute Gasteiger partial charge is 0.163 e. The Kier molecular flexibility index (Phi) is 9.00. The van der Waals surface area contributed by atoms with E-state index in [1.54, 1.807) is 0 Å². The van der Waals surface area contributed by atoms with E-state index in [4.69, 9.17) is 19.7 Å². The summed E-state index contributed by atoms with van der Waals surface area (Å²) in [7, 11) is 0. The number of fused-ring (bicyclic) bond motifs is 10. The molecular weight excluding hydrogens is 743 g/mol. The van der Waals surface area contributed by atoms with Crippen molar-refractivity contribution in [1.29, 1.82) is 0 Å². The second-order valence-corrected chi connectivity index (χ2v) is 16.3. The van der Waals surface area contributed by atoms with Gasteiger partial charge in [-0.2, -0.15) is 0 Å². The van der Waals surface area contributed by atoms with E-state index in [1.807, 2.05) is 55.5 Å². The fourth-order valence-corrected chi connectivity index (χ4v) is 9.86. The van der Waals surface area contributed by atoms with Crippen LogP contribution < -0.4 is 4.74 Å². The summed E-state index contributed by atoms with van der Waals surface area (Å²) in [5, 5.41) is 2.53. The molecule has 8 aromatic rings. The zero-order valence-electron chi connectivity index (χ0n) is 34.1. The van der Waals surface area contributed by atoms with E-state index in [9.17, 15) is 0 Å². The summed E-state index contributed by atoms with van der Waals surface area (Å²) in [4.78, 5) is 15.0. The molecular formula is C57H43N3O. The molecule has 0 radical (unpaired) electrons. The van der Waals surface area contributed by atoms with Gasteiger partial charge in [-0.05, 0) is 87.5 Å². The topological polar surface area (TPSA) is 47.9 Å². The van der Waals surface area contributed by atoms with E-state index < -0.39 is 5.41 Å². The number of para-hydroxylation sites is 1. The Morgan fingerprint density at radius 2 is 1.15 bits per heavy atom. The van der Waals surface area contributed by atoms with Gasteiger partial charge in [-0.3, -0.25) is 0 Å². The van der Waals surface area contributed by atoms with Crippen LogP contribution in [-0.2, 0) is 5.41 Å². The Morgan fingerprint density at radius 1 is 0.525 bits per heavy atom. The normalized spacial score (nSPS) is 18.9. The summed E-state index contributed by atoms with van der Waals surface area (Å²) in [6.45, 7) is 4.14. The molecule has 4 atom stereocenters. The van der Waals surface area contributed by atoms with Crippen LogP contribution in [0.5, 0.6) is 11.5 Å². The fourth-order valence-electron chi connectivity index (χ4n) is 9.86. The highest BCUT2D eigenvalue weighted by Gasteiger charge is 2.56. The van der Waals surface area contributed by atoms with E-state index in [1.165, 1.54) is 33.0 Å². The lowest BCUT2D eigenvalue weighted by molar-refractivity contribution is 0.374. The quantitative estimate of drug-likeness (QED) is 0.151. The number of benzene rings is 7. The lowest BCUT2D eigenvalue weighted by Gasteiger charge is -2.43. The lowest BCUT2D eigenvalue weighted by Crippen LogP contribution is -2.37. The first-order valence-corrected chi connectivity index (χ1v) is 21.2. The number of allylic oxidation sites excluding steroid dienone is 8. The maximum Gasteiger partial charge on any atom is 0.163 e. The van der Waals surface area contributed by atoms with Crippen molar-refractivity contribution < 1.29 is 4.74 Å². The first kappa shape index (κ1) is 36.6. The second-order valence-electron chi connectivity index (χ2n) is 16.3. The molecule has 1 aromatic heterocycles. The van der Waals surface area contributed by atoms with Crippen molar-refractivity contribution in [3.05, 3.63) is 234 Å². The van der Waals surface area contributed by atoms with Gasteiger partial charge in [0.1, 0.15) is 17.3 Å². The van der Waals surface area contributed by atoms with Gasteiger partial charge in [0.25, 0.3) is 0 Å². The SMILES string of the molecule is C/C=C\C=C/C(C)c1nc(-c2ccccc2)nc(-c2cccc(-c3cccc(-c4ccc5c(c4)C4(c6ccccc6O5)c5cc6ccccc6cc5C5C=CC=CC54)c3)c2)n1. The predicted octanol–water partition coefficient (Wildman–Crippen LogP) is 14.2. The van der Waals surface area contributed by atoms with E-state index in [0.29, 0.717) is 11.6 Å². The summed E-state index contributed by atoms with van der Waals surface area (Å²) in [5.74, 6) is 4.32. The van der Waals surface area contributed by atoms with Crippen LogP contribution in [0, 0.1) is 5.92 Å². The van der Waals surface area contributed by atoms with Crippen LogP contribution in [-0.4, -0.2) is 15.0 Å². The molecule has 2 aliphatic carbocycles. The van der Waals surface area contributed by atoms with Crippen molar-refractivity contribution in [1.82, 2.24) is 15.0 Å². The first-order chi connectivity index (χ1) is 30.1. The van der Waals surface area contributed by atoms with Crippen molar-refractivity contribution >= 4 is 10.8 Å². The summed E-state index contributed by atoms with van der Waals surface area (Å²) in [5.41, 5.74) is 11.1. The molecule has 0 saturated heterocycles. The highest BCUT2D eigenvalue weighted by atomic mass is 16.5. The van der Waals surface area contributed by atoms with E-state index in [2.05, 4.69) is 165 Å². The molecule has 0 amide bonds. The second kappa shape index (κ2) is 15.0. The Hall–Kier alpha value is -7.43. The van der Waals surface area contributed by atoms with Crippen LogP contribution in [0.3, 0.4) is 0 Å². The van der Waals surface area contributed by atoms with Crippen LogP contribution in [0.2, 0.25) is 0 Å². The summed E-state index contributed by atoms with van der Waals surface area (Å²) in [6.07, 6.45) is 17.5. The van der Waals surface area contributed by atoms with Crippen molar-refractivity contribution in [3.8, 4) is 56.5 Å². The number of aromatic nitrogens is 3. The van der Waals surface area contributed by atoms with E-state index in [-0.39, 0.29) is 17.8 Å². The lowest BCUT2D eigenvalue weighted by atomic mass is 9.61. The van der Waals surface area contributed by atoms with E-state index >= 15 is 0 Å². The zero-order chi connectivity index (χ0) is 40.9. The van der Waals surface area contributed by atoms with Crippen LogP contribution in [0.25, 0.3) is 55.8 Å². The molecule has 1 spiro atoms. The average molecular weight is 786 g/mol. The zero-order valence-corrected chi connectivity index (χ0v) is 34.1. The molecule has 1 aliphatic heterocycles. The molecule has 4 nitrogen and oxygen atoms in total. The van der Waals surface area contributed by atoms with Gasteiger partial charge in [0.05, 0.1) is 5.41 Å². The molecule has 0 N–H and O–H groups in total. The maximum atomic E-state index is 6.80. The Morgan fingerprint density at radius 3 is 1.93 bits per heavy atom. The first-order valence-electron chi connectivity index (χ1n) is 21.2. The van der Waals surface area contributed by atoms with Crippen LogP contribution in [0.15, 0.2) is 206 Å². The van der Waals surface area contributed by atoms with E-state index in [0.717, 1.165) is 50.7 Å². The summed E-state index contributed by atoms with van der Waals surface area (Å²) >= 11 is 0. The number of hydrogen-bond donors (Lipinski definition) is 0. The van der Waals surface area contributed by atoms with Gasteiger partial charge in [0.2, 0.25) is 0 Å². The molecule has 0 bridgehead atoms. The Bertz CT molecular complexity index is 3120. The van der Waals surface area contributed by atoms with Gasteiger partial charge < -0.3 is 4.74 Å². The van der Waals surface area contributed by atoms with Gasteiger partial charge in [-0.1, -0.05) is 177 Å². The molecule has 4 heteroatoms. The van der Waals surface area contributed by atoms with Crippen LogP contribution in [0.4, 0.5) is 0 Å². The van der Waals surface area contributed by atoms with Crippen molar-refractivity contribution in [2.45, 2.75) is 31.1 Å². The summed E-state index contributed by atoms with van der Waals surface area (Å²) in [6, 6.07) is 56.7. The largest absolute Gasteiger partial charge is 0.457 e. The molecule has 0 fully saturated rings. The van der Waals surface area contributed by atoms with Crippen molar-refractivity contribution in [3.63, 3.8) is 0 Å². The molecule has 2 heterocycles. The highest BCUT2D eigenvalue weighted by molar-refractivity contribution is 5.88. The highest BCUT2D eigenvalue weighted by Crippen LogP contribution is 2.65. The third-order valence-electron chi connectivity index (χ3n) is 12.7. The standard InChI is InChI=1S/C57H43N3O/c1-3-4-6-17-37(2)54-58-55(38-18-7-5-8-19-38)60-56(59-54)45-25-16-24-41(33-45)39-22-15-23-40(32-39)44-30-31-53-51(36-44)57(49-28-13-14-29-52(49)61-53)48-27-12-11-26-46(48)47-34-42-20-9-10-21-43(42)35-50(47)57/h3-37,46,48H,1-2H3/b4-3-,17-6-. The monoisotopic (exact) mass is 785 g/mol. The van der Waals surface area contributed by atoms with Crippen molar-refractivity contribution in [2.24, 2.45) is 5.92 Å². The van der Waals surface area contributed by atoms with Gasteiger partial charge in [0, 0.05) is 40.0 Å². The molecule has 4 unspecified atom stereocenters. The molecule has 7 aromatic carbocycles.